The van der Waals surface area contributed by atoms with Crippen molar-refractivity contribution in [2.75, 3.05) is 26.9 Å². The monoisotopic (exact) mass is 819 g/mol. The molecule has 2 saturated heterocycles. The Morgan fingerprint density at radius 3 is 2.35 bits per heavy atom. The Hall–Kier alpha value is -3.68. The molecule has 4 aromatic rings. The third-order valence-corrected chi connectivity index (χ3v) is 14.3. The summed E-state index contributed by atoms with van der Waals surface area (Å²) in [4.78, 5) is 18.5. The zero-order valence-corrected chi connectivity index (χ0v) is 37.2. The minimum atomic E-state index is -0.670. The lowest BCUT2D eigenvalue weighted by Gasteiger charge is -2.37. The van der Waals surface area contributed by atoms with Gasteiger partial charge >= 0.3 is 0 Å². The van der Waals surface area contributed by atoms with Crippen molar-refractivity contribution in [3.63, 3.8) is 0 Å². The first-order valence-electron chi connectivity index (χ1n) is 22.9. The van der Waals surface area contributed by atoms with E-state index in [9.17, 15) is 10.2 Å². The van der Waals surface area contributed by atoms with Gasteiger partial charge in [-0.05, 0) is 91.7 Å². The molecule has 2 aromatic carbocycles. The number of aromatic amines is 1. The van der Waals surface area contributed by atoms with E-state index in [-0.39, 0.29) is 36.0 Å². The van der Waals surface area contributed by atoms with E-state index in [0.29, 0.717) is 24.5 Å². The van der Waals surface area contributed by atoms with Gasteiger partial charge in [-0.2, -0.15) is 0 Å². The van der Waals surface area contributed by atoms with Gasteiger partial charge in [0.05, 0.1) is 42.4 Å². The number of nitrogens with two attached hydrogens (primary N) is 1. The number of H-pyrrole nitrogens is 1. The molecule has 4 aliphatic heterocycles. The van der Waals surface area contributed by atoms with Gasteiger partial charge in [-0.15, -0.1) is 0 Å². The molecule has 2 fully saturated rings. The minimum absolute atomic E-state index is 0.0228. The van der Waals surface area contributed by atoms with Crippen LogP contribution < -0.4 is 11.1 Å². The Morgan fingerprint density at radius 1 is 0.917 bits per heavy atom. The summed E-state index contributed by atoms with van der Waals surface area (Å²) in [6, 6.07) is 15.9. The maximum atomic E-state index is 11.6. The van der Waals surface area contributed by atoms with Gasteiger partial charge in [0.15, 0.2) is 0 Å². The summed E-state index contributed by atoms with van der Waals surface area (Å²) in [7, 11) is 1.67. The molecule has 0 bridgehead atoms. The first-order valence-corrected chi connectivity index (χ1v) is 22.9. The van der Waals surface area contributed by atoms with E-state index >= 15 is 0 Å². The molecule has 4 aliphatic rings. The van der Waals surface area contributed by atoms with Crippen molar-refractivity contribution >= 4 is 22.3 Å². The van der Waals surface area contributed by atoms with Gasteiger partial charge < -0.3 is 30.2 Å². The van der Waals surface area contributed by atoms with Crippen molar-refractivity contribution in [2.45, 2.75) is 136 Å². The van der Waals surface area contributed by atoms with E-state index < -0.39 is 12.5 Å². The summed E-state index contributed by atoms with van der Waals surface area (Å²) < 4.78 is 7.82. The van der Waals surface area contributed by atoms with Gasteiger partial charge in [0, 0.05) is 78.1 Å². The van der Waals surface area contributed by atoms with Crippen LogP contribution in [0.25, 0.3) is 39.1 Å². The van der Waals surface area contributed by atoms with Crippen molar-refractivity contribution in [3.05, 3.63) is 71.7 Å². The number of allylic oxidation sites excluding steroid dienone is 1. The van der Waals surface area contributed by atoms with E-state index in [0.717, 1.165) is 86.5 Å². The predicted molar refractivity (Wildman–Crippen MR) is 243 cm³/mol. The standard InChI is InChI=1S/C49H70N8O3/c1-9-31-15-18-38(53-46(31)41-12-10-20-55(41)48(58)44(50)29(4)5)32-16-19-40-34(22-32)24-43-35-17-14-33(23-36(35)37(28(2)3)26-57(40)43)39-25-51-47(54-39)42-13-11-21-56(42)49(59)45(30(6)7)52-27-60-8/h14,16-19,22-25,28-31,37,41-42,44-45,48-49,52,58-59H,9-13,15,20-21,26-27,50H2,1-8H3,(H,51,54). The van der Waals surface area contributed by atoms with Crippen LogP contribution in [0.4, 0.5) is 0 Å². The second kappa shape index (κ2) is 18.0. The molecule has 324 valence electrons. The number of benzene rings is 2. The number of aliphatic hydroxyl groups excluding tert-OH is 2. The first kappa shape index (κ1) is 43.0. The zero-order valence-electron chi connectivity index (χ0n) is 37.2. The Bertz CT molecular complexity index is 2190. The highest BCUT2D eigenvalue weighted by atomic mass is 16.5. The van der Waals surface area contributed by atoms with Crippen molar-refractivity contribution in [1.82, 2.24) is 29.7 Å². The molecule has 8 atom stereocenters. The quantitative estimate of drug-likeness (QED) is 0.0759. The van der Waals surface area contributed by atoms with Crippen LogP contribution in [0.2, 0.25) is 0 Å². The molecular formula is C49H70N8O3. The van der Waals surface area contributed by atoms with E-state index in [4.69, 9.17) is 20.4 Å². The van der Waals surface area contributed by atoms with Gasteiger partial charge in [0.25, 0.3) is 0 Å². The molecule has 60 heavy (non-hydrogen) atoms. The average molecular weight is 819 g/mol. The lowest BCUT2D eigenvalue weighted by Crippen LogP contribution is -2.54. The maximum Gasteiger partial charge on any atom is 0.124 e. The van der Waals surface area contributed by atoms with Gasteiger partial charge in [-0.25, -0.2) is 4.98 Å². The van der Waals surface area contributed by atoms with Crippen molar-refractivity contribution < 1.29 is 14.9 Å². The second-order valence-electron chi connectivity index (χ2n) is 19.1. The molecule has 6 heterocycles. The van der Waals surface area contributed by atoms with Crippen molar-refractivity contribution in [1.29, 1.82) is 0 Å². The van der Waals surface area contributed by atoms with Gasteiger partial charge in [0.1, 0.15) is 18.3 Å². The van der Waals surface area contributed by atoms with Crippen LogP contribution in [0.15, 0.2) is 59.7 Å². The number of nitrogens with one attached hydrogen (secondary N) is 2. The lowest BCUT2D eigenvalue weighted by molar-refractivity contribution is -0.0520. The molecular weight excluding hydrogens is 749 g/mol. The number of aliphatic imine (C=N–C) groups is 1. The summed E-state index contributed by atoms with van der Waals surface area (Å²) in [6.45, 7) is 18.4. The molecule has 6 N–H and O–H groups in total. The third-order valence-electron chi connectivity index (χ3n) is 14.3. The molecule has 0 amide bonds. The molecule has 0 saturated carbocycles. The molecule has 11 nitrogen and oxygen atoms in total. The molecule has 11 heteroatoms. The predicted octanol–water partition coefficient (Wildman–Crippen LogP) is 8.10. The molecule has 8 unspecified atom stereocenters. The number of likely N-dealkylation sites (tertiary alicyclic amines) is 2. The highest BCUT2D eigenvalue weighted by Crippen LogP contribution is 2.45. The summed E-state index contributed by atoms with van der Waals surface area (Å²) in [5, 5.41) is 27.5. The van der Waals surface area contributed by atoms with E-state index in [2.05, 4.69) is 122 Å². The van der Waals surface area contributed by atoms with E-state index in [1.165, 1.54) is 33.4 Å². The first-order chi connectivity index (χ1) is 28.9. The lowest BCUT2D eigenvalue weighted by atomic mass is 9.81. The number of nitrogens with zero attached hydrogens (tertiary/aromatic N) is 5. The van der Waals surface area contributed by atoms with Crippen LogP contribution in [0, 0.1) is 23.7 Å². The fourth-order valence-corrected chi connectivity index (χ4v) is 10.7. The summed E-state index contributed by atoms with van der Waals surface area (Å²) in [5.41, 5.74) is 17.2. The van der Waals surface area contributed by atoms with Crippen LogP contribution in [0.3, 0.4) is 0 Å². The van der Waals surface area contributed by atoms with E-state index in [1.54, 1.807) is 7.11 Å². The summed E-state index contributed by atoms with van der Waals surface area (Å²) >= 11 is 0. The summed E-state index contributed by atoms with van der Waals surface area (Å²) in [5.74, 6) is 2.52. The zero-order chi connectivity index (χ0) is 42.4. The molecule has 0 spiro atoms. The molecule has 0 aliphatic carbocycles. The minimum Gasteiger partial charge on any atom is -0.377 e. The second-order valence-corrected chi connectivity index (χ2v) is 19.1. The maximum absolute atomic E-state index is 11.6. The molecule has 0 radical (unpaired) electrons. The van der Waals surface area contributed by atoms with Crippen molar-refractivity contribution in [3.8, 4) is 22.5 Å². The largest absolute Gasteiger partial charge is 0.377 e. The number of hydrogen-bond donors (Lipinski definition) is 5. The Kier molecular flexibility index (Phi) is 12.9. The molecule has 2 aromatic heterocycles. The summed E-state index contributed by atoms with van der Waals surface area (Å²) in [6.07, 6.45) is 8.99. The van der Waals surface area contributed by atoms with Crippen LogP contribution >= 0.6 is 0 Å². The number of aliphatic hydroxyl groups is 2. The van der Waals surface area contributed by atoms with E-state index in [1.807, 2.05) is 6.20 Å². The number of aromatic nitrogens is 3. The van der Waals surface area contributed by atoms with Crippen molar-refractivity contribution in [2.24, 2.45) is 34.4 Å². The molecule has 8 rings (SSSR count). The number of ether oxygens (including phenoxy) is 1. The highest BCUT2D eigenvalue weighted by molar-refractivity contribution is 5.99. The van der Waals surface area contributed by atoms with Gasteiger partial charge in [-0.1, -0.05) is 72.7 Å². The average Bonchev–Trinajstić information content (AvgIpc) is 4.08. The fourth-order valence-electron chi connectivity index (χ4n) is 10.7. The van der Waals surface area contributed by atoms with Gasteiger partial charge in [0.2, 0.25) is 0 Å². The van der Waals surface area contributed by atoms with Crippen LogP contribution in [0.5, 0.6) is 0 Å². The Morgan fingerprint density at radius 2 is 1.65 bits per heavy atom. The SMILES string of the molecule is CCC1CC=C(c2ccc3c(c2)cc2n3CC(C(C)C)c3cc(-c4cnc(C5CCCN5C(O)C(NCOC)C(C)C)[nH]4)ccc3-2)N=C1C1CCCN1C(O)C(N)C(C)C. The number of rotatable bonds is 15. The van der Waals surface area contributed by atoms with Crippen LogP contribution in [-0.4, -0.2) is 97.8 Å². The smallest absolute Gasteiger partial charge is 0.124 e. The third kappa shape index (κ3) is 8.07. The number of methoxy groups -OCH3 is 1. The topological polar surface area (TPSA) is 140 Å². The fraction of sp³-hybridized carbons (Fsp3) is 0.592. The van der Waals surface area contributed by atoms with Crippen LogP contribution in [-0.2, 0) is 11.3 Å². The Balaban J connectivity index is 1.07. The van der Waals surface area contributed by atoms with Crippen LogP contribution in [0.1, 0.15) is 116 Å². The highest BCUT2D eigenvalue weighted by Gasteiger charge is 2.40. The number of hydrogen-bond acceptors (Lipinski definition) is 9. The number of imidazole rings is 1. The normalized spacial score (nSPS) is 24.6. The number of fused-ring (bicyclic) bond motifs is 5. The Labute approximate surface area is 357 Å². The van der Waals surface area contributed by atoms with Gasteiger partial charge in [-0.3, -0.25) is 20.1 Å².